The maximum Gasteiger partial charge on any atom is 0.331 e. The van der Waals surface area contributed by atoms with Crippen molar-refractivity contribution in [1.82, 2.24) is 4.90 Å². The molecular weight excluding hydrogens is 486 g/mol. The summed E-state index contributed by atoms with van der Waals surface area (Å²) >= 11 is 1.47. The number of hydrogen-bond donors (Lipinski definition) is 0. The number of carbonyl (C=O) groups excluding carboxylic acids is 3. The van der Waals surface area contributed by atoms with Crippen LogP contribution >= 0.6 is 11.8 Å². The molecule has 0 aliphatic carbocycles. The Morgan fingerprint density at radius 3 is 2.03 bits per heavy atom. The predicted octanol–water partition coefficient (Wildman–Crippen LogP) is 5.05. The van der Waals surface area contributed by atoms with E-state index in [0.717, 1.165) is 16.7 Å². The van der Waals surface area contributed by atoms with Crippen LogP contribution in [0.15, 0.2) is 103 Å². The third-order valence-electron chi connectivity index (χ3n) is 6.51. The molecule has 0 radical (unpaired) electrons. The minimum atomic E-state index is -0.789. The van der Waals surface area contributed by atoms with E-state index >= 15 is 0 Å². The van der Waals surface area contributed by atoms with Crippen molar-refractivity contribution in [2.75, 3.05) is 0 Å². The lowest BCUT2D eigenvalue weighted by Crippen LogP contribution is -2.59. The Balaban J connectivity index is 1.32. The van der Waals surface area contributed by atoms with Crippen molar-refractivity contribution in [1.29, 1.82) is 0 Å². The molecule has 5 rings (SSSR count). The van der Waals surface area contributed by atoms with Crippen LogP contribution in [-0.4, -0.2) is 38.9 Å². The van der Waals surface area contributed by atoms with Gasteiger partial charge in [-0.05, 0) is 30.5 Å². The van der Waals surface area contributed by atoms with Crippen molar-refractivity contribution in [2.45, 2.75) is 42.7 Å². The number of benzene rings is 3. The van der Waals surface area contributed by atoms with Crippen LogP contribution < -0.4 is 0 Å². The zero-order valence-electron chi connectivity index (χ0n) is 20.6. The van der Waals surface area contributed by atoms with Crippen LogP contribution in [0.1, 0.15) is 36.6 Å². The summed E-state index contributed by atoms with van der Waals surface area (Å²) in [5.74, 6) is -1.40. The van der Waals surface area contributed by atoms with Gasteiger partial charge in [-0.25, -0.2) is 9.59 Å². The number of rotatable bonds is 7. The van der Waals surface area contributed by atoms with E-state index in [4.69, 9.17) is 9.47 Å². The van der Waals surface area contributed by atoms with Crippen molar-refractivity contribution >= 4 is 29.6 Å². The highest BCUT2D eigenvalue weighted by Gasteiger charge is 2.62. The van der Waals surface area contributed by atoms with E-state index < -0.39 is 34.2 Å². The van der Waals surface area contributed by atoms with Gasteiger partial charge in [0.05, 0.1) is 5.57 Å². The van der Waals surface area contributed by atoms with Gasteiger partial charge in [0.25, 0.3) is 5.91 Å². The third-order valence-corrected chi connectivity index (χ3v) is 8.05. The van der Waals surface area contributed by atoms with Crippen LogP contribution in [0.5, 0.6) is 0 Å². The van der Waals surface area contributed by atoms with Gasteiger partial charge in [0, 0.05) is 10.8 Å². The first-order chi connectivity index (χ1) is 17.8. The summed E-state index contributed by atoms with van der Waals surface area (Å²) in [6.07, 6.45) is 0.647. The Kier molecular flexibility index (Phi) is 6.89. The number of carbonyl (C=O) groups is 3. The maximum atomic E-state index is 13.6. The minimum absolute atomic E-state index is 0.125. The molecule has 37 heavy (non-hydrogen) atoms. The van der Waals surface area contributed by atoms with Gasteiger partial charge in [0.2, 0.25) is 0 Å². The topological polar surface area (TPSA) is 72.9 Å². The summed E-state index contributed by atoms with van der Waals surface area (Å²) in [5, 5.41) is -0.406. The van der Waals surface area contributed by atoms with Crippen molar-refractivity contribution in [3.63, 3.8) is 0 Å². The number of fused-ring (bicyclic) bond motifs is 1. The Labute approximate surface area is 220 Å². The molecule has 2 heterocycles. The first-order valence-corrected chi connectivity index (χ1v) is 13.0. The zero-order valence-corrected chi connectivity index (χ0v) is 21.4. The molecule has 2 saturated heterocycles. The van der Waals surface area contributed by atoms with Gasteiger partial charge in [-0.1, -0.05) is 91.0 Å². The van der Waals surface area contributed by atoms with Gasteiger partial charge in [-0.2, -0.15) is 0 Å². The quantitative estimate of drug-likeness (QED) is 0.250. The Morgan fingerprint density at radius 2 is 1.46 bits per heavy atom. The number of hydrogen-bond acceptors (Lipinski definition) is 6. The molecule has 6 nitrogen and oxygen atoms in total. The lowest BCUT2D eigenvalue weighted by Gasteiger charge is -2.39. The van der Waals surface area contributed by atoms with Crippen molar-refractivity contribution in [3.05, 3.63) is 119 Å². The number of β-lactam (4-membered cyclic amide) rings is 1. The number of thioether (sulfide) groups is 1. The van der Waals surface area contributed by atoms with E-state index in [1.165, 1.54) is 22.7 Å². The van der Waals surface area contributed by atoms with E-state index in [9.17, 15) is 14.4 Å². The Hall–Kier alpha value is -3.84. The number of esters is 2. The average molecular weight is 514 g/mol. The largest absolute Gasteiger partial charge is 0.458 e. The fourth-order valence-corrected chi connectivity index (χ4v) is 6.24. The monoisotopic (exact) mass is 513 g/mol. The molecule has 3 aromatic rings. The molecule has 2 fully saturated rings. The Bertz CT molecular complexity index is 1280. The van der Waals surface area contributed by atoms with Gasteiger partial charge in [0.15, 0.2) is 6.10 Å². The van der Waals surface area contributed by atoms with Crippen molar-refractivity contribution in [3.8, 4) is 0 Å². The van der Waals surface area contributed by atoms with Gasteiger partial charge in [-0.3, -0.25) is 4.79 Å². The van der Waals surface area contributed by atoms with Crippen molar-refractivity contribution in [2.24, 2.45) is 0 Å². The minimum Gasteiger partial charge on any atom is -0.458 e. The highest BCUT2D eigenvalue weighted by molar-refractivity contribution is 8.01. The SMILES string of the molecule is CC1(C)S[C@@H]2/C(=C\C(=O)OCc3ccccc3)C(=O)N2[C@H]1C(=O)OC(c1ccccc1)c1ccccc1. The molecule has 0 spiro atoms. The molecular formula is C30H27NO5S. The lowest BCUT2D eigenvalue weighted by atomic mass is 9.95. The summed E-state index contributed by atoms with van der Waals surface area (Å²) in [7, 11) is 0. The van der Waals surface area contributed by atoms with E-state index in [-0.39, 0.29) is 12.5 Å². The highest BCUT2D eigenvalue weighted by atomic mass is 32.2. The van der Waals surface area contributed by atoms with Crippen LogP contribution in [0.3, 0.4) is 0 Å². The van der Waals surface area contributed by atoms with Gasteiger partial charge < -0.3 is 14.4 Å². The van der Waals surface area contributed by atoms with E-state index in [1.54, 1.807) is 0 Å². The maximum absolute atomic E-state index is 13.6. The highest BCUT2D eigenvalue weighted by Crippen LogP contribution is 2.53. The van der Waals surface area contributed by atoms with Crippen molar-refractivity contribution < 1.29 is 23.9 Å². The van der Waals surface area contributed by atoms with E-state index in [2.05, 4.69) is 0 Å². The molecule has 0 bridgehead atoms. The molecule has 0 saturated carbocycles. The summed E-state index contributed by atoms with van der Waals surface area (Å²) in [6, 6.07) is 27.6. The summed E-state index contributed by atoms with van der Waals surface area (Å²) in [6.45, 7) is 3.96. The summed E-state index contributed by atoms with van der Waals surface area (Å²) < 4.78 is 10.8. The second kappa shape index (κ2) is 10.3. The van der Waals surface area contributed by atoms with Gasteiger partial charge >= 0.3 is 11.9 Å². The Morgan fingerprint density at radius 1 is 0.919 bits per heavy atom. The standard InChI is InChI=1S/C30H27NO5S/c1-30(2)26(29(34)36-25(21-14-8-4-9-15-21)22-16-10-5-11-17-22)31-27(33)23(28(31)37-30)18-24(32)35-19-20-12-6-3-7-13-20/h3-18,25-26,28H,19H2,1-2H3/b23-18-/t26-,28+/m0/s1. The summed E-state index contributed by atoms with van der Waals surface area (Å²) in [4.78, 5) is 40.7. The lowest BCUT2D eigenvalue weighted by molar-refractivity contribution is -0.160. The second-order valence-electron chi connectivity index (χ2n) is 9.52. The number of nitrogens with zero attached hydrogens (tertiary/aromatic N) is 1. The predicted molar refractivity (Wildman–Crippen MR) is 141 cm³/mol. The molecule has 1 amide bonds. The molecule has 0 aromatic heterocycles. The molecule has 2 aliphatic heterocycles. The first-order valence-electron chi connectivity index (χ1n) is 12.1. The third kappa shape index (κ3) is 5.04. The first kappa shape index (κ1) is 24.8. The molecule has 2 aliphatic rings. The fraction of sp³-hybridized carbons (Fsp3) is 0.233. The molecule has 0 unspecified atom stereocenters. The molecule has 3 aromatic carbocycles. The van der Waals surface area contributed by atoms with Crippen LogP contribution in [0, 0.1) is 0 Å². The molecule has 188 valence electrons. The summed E-state index contributed by atoms with van der Waals surface area (Å²) in [5.41, 5.74) is 2.90. The molecule has 2 atom stereocenters. The van der Waals surface area contributed by atoms with E-state index in [1.807, 2.05) is 105 Å². The van der Waals surface area contributed by atoms with Crippen LogP contribution in [0.4, 0.5) is 0 Å². The van der Waals surface area contributed by atoms with Gasteiger partial charge in [-0.15, -0.1) is 11.8 Å². The average Bonchev–Trinajstić information content (AvgIpc) is 3.18. The normalized spacial score (nSPS) is 20.9. The molecule has 7 heteroatoms. The van der Waals surface area contributed by atoms with Crippen LogP contribution in [0.25, 0.3) is 0 Å². The number of ether oxygens (including phenoxy) is 2. The molecule has 0 N–H and O–H groups in total. The van der Waals surface area contributed by atoms with E-state index in [0.29, 0.717) is 5.57 Å². The van der Waals surface area contributed by atoms with Crippen LogP contribution in [-0.2, 0) is 30.5 Å². The zero-order chi connectivity index (χ0) is 26.0. The number of amides is 1. The smallest absolute Gasteiger partial charge is 0.331 e. The second-order valence-corrected chi connectivity index (χ2v) is 11.3. The van der Waals surface area contributed by atoms with Crippen LogP contribution in [0.2, 0.25) is 0 Å². The van der Waals surface area contributed by atoms with Gasteiger partial charge in [0.1, 0.15) is 18.0 Å². The fourth-order valence-electron chi connectivity index (χ4n) is 4.70.